The van der Waals surface area contributed by atoms with Crippen molar-refractivity contribution < 1.29 is 9.53 Å². The highest BCUT2D eigenvalue weighted by Gasteiger charge is 2.38. The number of nitriles is 1. The van der Waals surface area contributed by atoms with Crippen LogP contribution in [0, 0.1) is 11.3 Å². The predicted molar refractivity (Wildman–Crippen MR) is 108 cm³/mol. The fraction of sp³-hybridized carbons (Fsp3) is 0.250. The standard InChI is InChI=1S/C24H22N2O2/c1-15-20(14-25)23(17-8-10-19(28-2)11-9-17)24-21(26-15)12-18(13-22(24)27)16-6-4-3-5-7-16/h3-11,18,23,26H,12-13H2,1-2H3/t18-,23+/m1/s1. The molecule has 0 amide bonds. The second-order valence-electron chi connectivity index (χ2n) is 7.31. The minimum absolute atomic E-state index is 0.115. The number of Topliss-reactive ketones (excluding diaryl/α,β-unsaturated/α-hetero) is 1. The molecule has 1 aliphatic carbocycles. The molecule has 2 aromatic rings. The van der Waals surface area contributed by atoms with Crippen LogP contribution in [-0.4, -0.2) is 12.9 Å². The zero-order valence-electron chi connectivity index (χ0n) is 16.0. The van der Waals surface area contributed by atoms with Crippen molar-refractivity contribution in [2.24, 2.45) is 0 Å². The topological polar surface area (TPSA) is 62.1 Å². The quantitative estimate of drug-likeness (QED) is 0.859. The molecule has 0 saturated carbocycles. The molecule has 1 heterocycles. The summed E-state index contributed by atoms with van der Waals surface area (Å²) >= 11 is 0. The molecular weight excluding hydrogens is 348 g/mol. The summed E-state index contributed by atoms with van der Waals surface area (Å²) in [4.78, 5) is 13.2. The third-order valence-corrected chi connectivity index (χ3v) is 5.67. The third-order valence-electron chi connectivity index (χ3n) is 5.67. The molecule has 1 N–H and O–H groups in total. The molecule has 2 aliphatic rings. The summed E-state index contributed by atoms with van der Waals surface area (Å²) in [6.07, 6.45) is 1.24. The summed E-state index contributed by atoms with van der Waals surface area (Å²) < 4.78 is 5.25. The van der Waals surface area contributed by atoms with Gasteiger partial charge in [0.05, 0.1) is 24.7 Å². The van der Waals surface area contributed by atoms with Crippen LogP contribution in [0.2, 0.25) is 0 Å². The second-order valence-corrected chi connectivity index (χ2v) is 7.31. The van der Waals surface area contributed by atoms with Gasteiger partial charge in [0.1, 0.15) is 5.75 Å². The molecular formula is C24H22N2O2. The Kier molecular flexibility index (Phi) is 4.75. The fourth-order valence-electron chi connectivity index (χ4n) is 4.28. The highest BCUT2D eigenvalue weighted by atomic mass is 16.5. The minimum Gasteiger partial charge on any atom is -0.497 e. The number of hydrogen-bond acceptors (Lipinski definition) is 4. The van der Waals surface area contributed by atoms with E-state index in [9.17, 15) is 10.1 Å². The van der Waals surface area contributed by atoms with E-state index < -0.39 is 0 Å². The van der Waals surface area contributed by atoms with Gasteiger partial charge < -0.3 is 10.1 Å². The summed E-state index contributed by atoms with van der Waals surface area (Å²) in [5.41, 5.74) is 5.23. The van der Waals surface area contributed by atoms with Crippen LogP contribution in [0.3, 0.4) is 0 Å². The van der Waals surface area contributed by atoms with E-state index >= 15 is 0 Å². The number of allylic oxidation sites excluding steroid dienone is 4. The number of benzene rings is 2. The Bertz CT molecular complexity index is 1010. The molecule has 2 atom stereocenters. The highest BCUT2D eigenvalue weighted by Crippen LogP contribution is 2.45. The lowest BCUT2D eigenvalue weighted by Crippen LogP contribution is -2.33. The van der Waals surface area contributed by atoms with Crippen LogP contribution < -0.4 is 10.1 Å². The molecule has 28 heavy (non-hydrogen) atoms. The molecule has 0 aromatic heterocycles. The van der Waals surface area contributed by atoms with Crippen LogP contribution in [0.1, 0.15) is 42.7 Å². The molecule has 0 unspecified atom stereocenters. The fourth-order valence-corrected chi connectivity index (χ4v) is 4.28. The monoisotopic (exact) mass is 370 g/mol. The summed E-state index contributed by atoms with van der Waals surface area (Å²) in [5, 5.41) is 13.2. The van der Waals surface area contributed by atoms with E-state index in [4.69, 9.17) is 4.74 Å². The number of carbonyl (C=O) groups is 1. The molecule has 0 fully saturated rings. The number of hydrogen-bond donors (Lipinski definition) is 1. The van der Waals surface area contributed by atoms with Crippen molar-refractivity contribution in [2.45, 2.75) is 31.6 Å². The van der Waals surface area contributed by atoms with Gasteiger partial charge in [0.25, 0.3) is 0 Å². The molecule has 1 aliphatic heterocycles. The van der Waals surface area contributed by atoms with Gasteiger partial charge in [-0.25, -0.2) is 0 Å². The maximum absolute atomic E-state index is 13.2. The van der Waals surface area contributed by atoms with Gasteiger partial charge in [0, 0.05) is 23.4 Å². The van der Waals surface area contributed by atoms with Crippen molar-refractivity contribution >= 4 is 5.78 Å². The molecule has 140 valence electrons. The number of carbonyl (C=O) groups excluding carboxylic acids is 1. The van der Waals surface area contributed by atoms with Gasteiger partial charge in [0.15, 0.2) is 5.78 Å². The zero-order chi connectivity index (χ0) is 19.7. The van der Waals surface area contributed by atoms with Gasteiger partial charge >= 0.3 is 0 Å². The van der Waals surface area contributed by atoms with Crippen molar-refractivity contribution in [1.29, 1.82) is 5.26 Å². The lowest BCUT2D eigenvalue weighted by atomic mass is 9.72. The van der Waals surface area contributed by atoms with Crippen molar-refractivity contribution in [3.63, 3.8) is 0 Å². The SMILES string of the molecule is COc1ccc([C@H]2C(C#N)=C(C)NC3=C2C(=O)C[C@H](c2ccccc2)C3)cc1. The molecule has 0 spiro atoms. The highest BCUT2D eigenvalue weighted by molar-refractivity contribution is 6.00. The Morgan fingerprint density at radius 2 is 1.75 bits per heavy atom. The number of nitrogens with zero attached hydrogens (tertiary/aromatic N) is 1. The molecule has 2 aromatic carbocycles. The first kappa shape index (κ1) is 18.1. The Labute approximate surface area is 165 Å². The predicted octanol–water partition coefficient (Wildman–Crippen LogP) is 4.58. The molecule has 4 heteroatoms. The Balaban J connectivity index is 1.77. The van der Waals surface area contributed by atoms with Gasteiger partial charge in [-0.05, 0) is 42.5 Å². The van der Waals surface area contributed by atoms with Crippen LogP contribution in [0.15, 0.2) is 77.1 Å². The number of ketones is 1. The van der Waals surface area contributed by atoms with Crippen molar-refractivity contribution in [1.82, 2.24) is 5.32 Å². The van der Waals surface area contributed by atoms with Gasteiger partial charge in [-0.3, -0.25) is 4.79 Å². The first-order valence-electron chi connectivity index (χ1n) is 9.45. The van der Waals surface area contributed by atoms with Gasteiger partial charge in [0.2, 0.25) is 0 Å². The maximum atomic E-state index is 13.2. The third kappa shape index (κ3) is 3.10. The van der Waals surface area contributed by atoms with Gasteiger partial charge in [-0.1, -0.05) is 42.5 Å². The normalized spacial score (nSPS) is 21.7. The summed E-state index contributed by atoms with van der Waals surface area (Å²) in [5.74, 6) is 0.707. The first-order valence-corrected chi connectivity index (χ1v) is 9.45. The molecule has 4 rings (SSSR count). The zero-order valence-corrected chi connectivity index (χ0v) is 16.0. The van der Waals surface area contributed by atoms with Crippen molar-refractivity contribution in [2.75, 3.05) is 7.11 Å². The van der Waals surface area contributed by atoms with Crippen molar-refractivity contribution in [3.05, 3.63) is 88.3 Å². The van der Waals surface area contributed by atoms with Crippen LogP contribution >= 0.6 is 0 Å². The van der Waals surface area contributed by atoms with Crippen LogP contribution in [0.25, 0.3) is 0 Å². The van der Waals surface area contributed by atoms with E-state index in [0.717, 1.165) is 34.7 Å². The average molecular weight is 370 g/mol. The summed E-state index contributed by atoms with van der Waals surface area (Å²) in [7, 11) is 1.62. The molecule has 0 saturated heterocycles. The largest absolute Gasteiger partial charge is 0.497 e. The summed E-state index contributed by atoms with van der Waals surface area (Å²) in [6, 6.07) is 20.1. The Hall–Kier alpha value is -3.32. The number of rotatable bonds is 3. The van der Waals surface area contributed by atoms with Crippen LogP contribution in [0.4, 0.5) is 0 Å². The number of ether oxygens (including phenoxy) is 1. The van der Waals surface area contributed by atoms with E-state index in [1.165, 1.54) is 5.56 Å². The number of nitrogens with one attached hydrogen (secondary N) is 1. The Morgan fingerprint density at radius 1 is 1.04 bits per heavy atom. The van der Waals surface area contributed by atoms with E-state index in [2.05, 4.69) is 23.5 Å². The van der Waals surface area contributed by atoms with Crippen LogP contribution in [0.5, 0.6) is 5.75 Å². The van der Waals surface area contributed by atoms with E-state index in [1.54, 1.807) is 7.11 Å². The second kappa shape index (κ2) is 7.36. The van der Waals surface area contributed by atoms with Gasteiger partial charge in [-0.2, -0.15) is 5.26 Å². The maximum Gasteiger partial charge on any atom is 0.162 e. The Morgan fingerprint density at radius 3 is 2.39 bits per heavy atom. The first-order chi connectivity index (χ1) is 13.6. The average Bonchev–Trinajstić information content (AvgIpc) is 2.73. The lowest BCUT2D eigenvalue weighted by Gasteiger charge is -2.35. The number of dihydropyridines is 1. The molecule has 0 bridgehead atoms. The minimum atomic E-state index is -0.323. The lowest BCUT2D eigenvalue weighted by molar-refractivity contribution is -0.116. The molecule has 4 nitrogen and oxygen atoms in total. The number of methoxy groups -OCH3 is 1. The molecule has 0 radical (unpaired) electrons. The van der Waals surface area contributed by atoms with E-state index in [-0.39, 0.29) is 17.6 Å². The van der Waals surface area contributed by atoms with Crippen molar-refractivity contribution in [3.8, 4) is 11.8 Å². The van der Waals surface area contributed by atoms with Gasteiger partial charge in [-0.15, -0.1) is 0 Å². The van der Waals surface area contributed by atoms with Crippen LogP contribution in [-0.2, 0) is 4.79 Å². The van der Waals surface area contributed by atoms with E-state index in [0.29, 0.717) is 12.0 Å². The van der Waals surface area contributed by atoms with E-state index in [1.807, 2.05) is 49.4 Å². The smallest absolute Gasteiger partial charge is 0.162 e. The summed E-state index contributed by atoms with van der Waals surface area (Å²) in [6.45, 7) is 1.91.